The first-order valence-corrected chi connectivity index (χ1v) is 5.79. The summed E-state index contributed by atoms with van der Waals surface area (Å²) in [5.41, 5.74) is 6.70. The van der Waals surface area contributed by atoms with Crippen LogP contribution in [-0.2, 0) is 12.6 Å². The molecule has 0 saturated heterocycles. The van der Waals surface area contributed by atoms with E-state index in [1.54, 1.807) is 10.9 Å². The molecule has 1 aliphatic rings. The molecule has 0 atom stereocenters. The number of nitrogens with zero attached hydrogens (tertiary/aromatic N) is 4. The first-order valence-electron chi connectivity index (χ1n) is 5.79. The van der Waals surface area contributed by atoms with E-state index >= 15 is 0 Å². The summed E-state index contributed by atoms with van der Waals surface area (Å²) >= 11 is 0. The van der Waals surface area contributed by atoms with Gasteiger partial charge in [0.25, 0.3) is 5.89 Å². The van der Waals surface area contributed by atoms with Crippen LogP contribution in [0.3, 0.4) is 0 Å². The normalized spacial score (nSPS) is 18.7. The predicted octanol–water partition coefficient (Wildman–Crippen LogP) is 1.20. The Hall–Kier alpha value is -1.69. The van der Waals surface area contributed by atoms with Crippen LogP contribution in [-0.4, -0.2) is 19.9 Å². The van der Waals surface area contributed by atoms with Crippen molar-refractivity contribution in [2.75, 3.05) is 0 Å². The van der Waals surface area contributed by atoms with Crippen molar-refractivity contribution in [1.82, 2.24) is 19.9 Å². The highest BCUT2D eigenvalue weighted by molar-refractivity contribution is 5.49. The van der Waals surface area contributed by atoms with Gasteiger partial charge in [0.15, 0.2) is 5.82 Å². The number of hydrogen-bond donors (Lipinski definition) is 1. The molecule has 0 spiro atoms. The molecule has 90 valence electrons. The fraction of sp³-hybridized carbons (Fsp3) is 0.545. The molecule has 3 rings (SSSR count). The van der Waals surface area contributed by atoms with E-state index in [1.807, 2.05) is 13.2 Å². The fourth-order valence-corrected chi connectivity index (χ4v) is 2.30. The average Bonchev–Trinajstić information content (AvgIpc) is 2.96. The molecule has 2 N–H and O–H groups in total. The maximum atomic E-state index is 6.27. The number of aryl methyl sites for hydroxylation is 1. The van der Waals surface area contributed by atoms with Gasteiger partial charge in [-0.25, -0.2) is 0 Å². The predicted molar refractivity (Wildman–Crippen MR) is 60.8 cm³/mol. The van der Waals surface area contributed by atoms with Crippen LogP contribution >= 0.6 is 0 Å². The third-order valence-electron chi connectivity index (χ3n) is 3.32. The van der Waals surface area contributed by atoms with E-state index in [0.29, 0.717) is 11.7 Å². The molecule has 0 bridgehead atoms. The van der Waals surface area contributed by atoms with E-state index in [-0.39, 0.29) is 0 Å². The van der Waals surface area contributed by atoms with Crippen LogP contribution < -0.4 is 5.73 Å². The zero-order chi connectivity index (χ0) is 11.9. The minimum Gasteiger partial charge on any atom is -0.334 e. The Labute approximate surface area is 98.8 Å². The molecule has 2 heterocycles. The lowest BCUT2D eigenvalue weighted by Crippen LogP contribution is -2.34. The topological polar surface area (TPSA) is 82.8 Å². The van der Waals surface area contributed by atoms with E-state index in [1.165, 1.54) is 0 Å². The fourth-order valence-electron chi connectivity index (χ4n) is 2.30. The largest absolute Gasteiger partial charge is 0.334 e. The van der Waals surface area contributed by atoms with Gasteiger partial charge in [0.1, 0.15) is 0 Å². The Morgan fingerprint density at radius 1 is 1.41 bits per heavy atom. The second-order valence-electron chi connectivity index (χ2n) is 4.69. The summed E-state index contributed by atoms with van der Waals surface area (Å²) < 4.78 is 6.95. The number of rotatable bonds is 2. The van der Waals surface area contributed by atoms with E-state index in [4.69, 9.17) is 10.3 Å². The first-order chi connectivity index (χ1) is 8.17. The summed E-state index contributed by atoms with van der Waals surface area (Å²) in [5, 5.41) is 8.08. The lowest BCUT2D eigenvalue weighted by molar-refractivity contribution is 0.372. The minimum atomic E-state index is -0.399. The zero-order valence-corrected chi connectivity index (χ0v) is 9.76. The average molecular weight is 233 g/mol. The summed E-state index contributed by atoms with van der Waals surface area (Å²) in [6.07, 6.45) is 7.67. The maximum Gasteiger partial charge on any atom is 0.261 e. The smallest absolute Gasteiger partial charge is 0.261 e. The highest BCUT2D eigenvalue weighted by atomic mass is 16.5. The molecule has 0 radical (unpaired) electrons. The molecule has 17 heavy (non-hydrogen) atoms. The van der Waals surface area contributed by atoms with Gasteiger partial charge in [-0.1, -0.05) is 18.0 Å². The summed E-state index contributed by atoms with van der Waals surface area (Å²) in [7, 11) is 1.85. The van der Waals surface area contributed by atoms with Crippen molar-refractivity contribution < 1.29 is 4.52 Å². The number of aromatic nitrogens is 4. The summed E-state index contributed by atoms with van der Waals surface area (Å²) in [4.78, 5) is 4.39. The van der Waals surface area contributed by atoms with E-state index in [0.717, 1.165) is 31.2 Å². The van der Waals surface area contributed by atoms with E-state index in [9.17, 15) is 0 Å². The van der Waals surface area contributed by atoms with Gasteiger partial charge in [-0.15, -0.1) is 0 Å². The van der Waals surface area contributed by atoms with Crippen LogP contribution in [0.5, 0.6) is 0 Å². The molecule has 1 fully saturated rings. The second kappa shape index (κ2) is 3.66. The van der Waals surface area contributed by atoms with Crippen molar-refractivity contribution >= 4 is 0 Å². The van der Waals surface area contributed by atoms with Crippen LogP contribution in [0.4, 0.5) is 0 Å². The van der Waals surface area contributed by atoms with Gasteiger partial charge in [-0.2, -0.15) is 10.1 Å². The molecule has 0 aromatic carbocycles. The Balaban J connectivity index is 1.92. The molecule has 6 heteroatoms. The molecule has 0 amide bonds. The molecule has 2 aromatic rings. The van der Waals surface area contributed by atoms with Gasteiger partial charge in [0.2, 0.25) is 0 Å². The third-order valence-corrected chi connectivity index (χ3v) is 3.32. The van der Waals surface area contributed by atoms with Crippen LogP contribution in [0.1, 0.15) is 31.5 Å². The highest BCUT2D eigenvalue weighted by Gasteiger charge is 2.36. The first kappa shape index (κ1) is 10.5. The molecule has 0 aliphatic heterocycles. The Kier molecular flexibility index (Phi) is 2.25. The molecule has 1 saturated carbocycles. The monoisotopic (exact) mass is 233 g/mol. The molecular formula is C11H15N5O. The third kappa shape index (κ3) is 1.74. The van der Waals surface area contributed by atoms with Gasteiger partial charge in [0.05, 0.1) is 17.3 Å². The molecule has 2 aromatic heterocycles. The van der Waals surface area contributed by atoms with Crippen molar-refractivity contribution in [3.63, 3.8) is 0 Å². The highest BCUT2D eigenvalue weighted by Crippen LogP contribution is 2.35. The summed E-state index contributed by atoms with van der Waals surface area (Å²) in [5.74, 6) is 1.11. The van der Waals surface area contributed by atoms with Crippen LogP contribution in [0.2, 0.25) is 0 Å². The lowest BCUT2D eigenvalue weighted by atomic mass is 9.99. The van der Waals surface area contributed by atoms with Gasteiger partial charge < -0.3 is 10.3 Å². The second-order valence-corrected chi connectivity index (χ2v) is 4.69. The maximum absolute atomic E-state index is 6.27. The SMILES string of the molecule is Cn1cc(-c2nc(C3(N)CCCC3)no2)cn1. The lowest BCUT2D eigenvalue weighted by Gasteiger charge is -2.17. The van der Waals surface area contributed by atoms with Crippen LogP contribution in [0.25, 0.3) is 11.5 Å². The van der Waals surface area contributed by atoms with Crippen molar-refractivity contribution in [2.24, 2.45) is 12.8 Å². The molecular weight excluding hydrogens is 218 g/mol. The number of hydrogen-bond acceptors (Lipinski definition) is 5. The van der Waals surface area contributed by atoms with Crippen LogP contribution in [0.15, 0.2) is 16.9 Å². The van der Waals surface area contributed by atoms with Gasteiger partial charge in [-0.05, 0) is 12.8 Å². The van der Waals surface area contributed by atoms with E-state index in [2.05, 4.69) is 15.2 Å². The summed E-state index contributed by atoms with van der Waals surface area (Å²) in [6, 6.07) is 0. The summed E-state index contributed by atoms with van der Waals surface area (Å²) in [6.45, 7) is 0. The van der Waals surface area contributed by atoms with Gasteiger partial charge in [0, 0.05) is 13.2 Å². The Bertz CT molecular complexity index is 523. The number of nitrogens with two attached hydrogens (primary N) is 1. The Morgan fingerprint density at radius 2 is 2.18 bits per heavy atom. The van der Waals surface area contributed by atoms with Crippen molar-refractivity contribution in [3.05, 3.63) is 18.2 Å². The quantitative estimate of drug-likeness (QED) is 0.842. The molecule has 1 aliphatic carbocycles. The van der Waals surface area contributed by atoms with Crippen molar-refractivity contribution in [1.29, 1.82) is 0 Å². The molecule has 0 unspecified atom stereocenters. The standard InChI is InChI=1S/C11H15N5O/c1-16-7-8(6-13-16)9-14-10(15-17-9)11(12)4-2-3-5-11/h6-7H,2-5,12H2,1H3. The molecule has 6 nitrogen and oxygen atoms in total. The zero-order valence-electron chi connectivity index (χ0n) is 9.76. The van der Waals surface area contributed by atoms with Gasteiger partial charge >= 0.3 is 0 Å². The van der Waals surface area contributed by atoms with Crippen molar-refractivity contribution in [2.45, 2.75) is 31.2 Å². The van der Waals surface area contributed by atoms with E-state index < -0.39 is 5.54 Å². The minimum absolute atomic E-state index is 0.399. The van der Waals surface area contributed by atoms with Crippen molar-refractivity contribution in [3.8, 4) is 11.5 Å². The Morgan fingerprint density at radius 3 is 2.82 bits per heavy atom. The van der Waals surface area contributed by atoms with Crippen LogP contribution in [0, 0.1) is 0 Å². The van der Waals surface area contributed by atoms with Gasteiger partial charge in [-0.3, -0.25) is 4.68 Å².